The monoisotopic (exact) mass is 466 g/mol. The standard InChI is InChI=1S/C29H19ClO4/c30-25-15-24-23(21-9-5-2-6-10-21)16-29(32)34-27(24)17-28(25)33-18-26(31)22-13-11-20(12-14-22)19-7-3-1-4-8-19/h1-17H,18H2. The number of benzene rings is 4. The van der Waals surface area contributed by atoms with Gasteiger partial charge < -0.3 is 9.15 Å². The smallest absolute Gasteiger partial charge is 0.336 e. The van der Waals surface area contributed by atoms with E-state index in [1.165, 1.54) is 6.07 Å². The van der Waals surface area contributed by atoms with Crippen LogP contribution in [-0.2, 0) is 0 Å². The molecule has 5 heteroatoms. The second-order valence-electron chi connectivity index (χ2n) is 7.78. The Bertz CT molecular complexity index is 1520. The number of ether oxygens (including phenoxy) is 1. The zero-order valence-electron chi connectivity index (χ0n) is 18.0. The van der Waals surface area contributed by atoms with E-state index in [1.54, 1.807) is 24.3 Å². The lowest BCUT2D eigenvalue weighted by molar-refractivity contribution is 0.0921. The third kappa shape index (κ3) is 4.49. The number of carbonyl (C=O) groups excluding carboxylic acids is 1. The van der Waals surface area contributed by atoms with E-state index in [1.807, 2.05) is 72.8 Å². The van der Waals surface area contributed by atoms with E-state index >= 15 is 0 Å². The second-order valence-corrected chi connectivity index (χ2v) is 8.19. The molecule has 0 bridgehead atoms. The Kier molecular flexibility index (Phi) is 5.98. The Labute approximate surface area is 201 Å². The maximum atomic E-state index is 12.7. The van der Waals surface area contributed by atoms with Gasteiger partial charge in [0.2, 0.25) is 0 Å². The normalized spacial score (nSPS) is 10.9. The van der Waals surface area contributed by atoms with Crippen molar-refractivity contribution >= 4 is 28.4 Å². The zero-order valence-corrected chi connectivity index (χ0v) is 18.8. The summed E-state index contributed by atoms with van der Waals surface area (Å²) in [4.78, 5) is 24.9. The molecule has 0 atom stereocenters. The molecule has 0 aliphatic heterocycles. The Morgan fingerprint density at radius 1 is 0.765 bits per heavy atom. The highest BCUT2D eigenvalue weighted by Gasteiger charge is 2.14. The minimum atomic E-state index is -0.478. The summed E-state index contributed by atoms with van der Waals surface area (Å²) in [5.41, 5.74) is 4.10. The molecular formula is C29H19ClO4. The number of carbonyl (C=O) groups is 1. The predicted octanol–water partition coefficient (Wildman–Crippen LogP) is 7.04. The molecule has 0 unspecified atom stereocenters. The summed E-state index contributed by atoms with van der Waals surface area (Å²) in [5, 5.41) is 1.01. The maximum absolute atomic E-state index is 12.7. The fourth-order valence-electron chi connectivity index (χ4n) is 3.84. The summed E-state index contributed by atoms with van der Waals surface area (Å²) >= 11 is 6.46. The third-order valence-electron chi connectivity index (χ3n) is 5.55. The molecule has 166 valence electrons. The van der Waals surface area contributed by atoms with Crippen LogP contribution in [0, 0.1) is 0 Å². The first-order valence-electron chi connectivity index (χ1n) is 10.7. The molecule has 1 aromatic heterocycles. The summed E-state index contributed by atoms with van der Waals surface area (Å²) in [7, 11) is 0. The number of hydrogen-bond donors (Lipinski definition) is 0. The van der Waals surface area contributed by atoms with Gasteiger partial charge in [-0.2, -0.15) is 0 Å². The SMILES string of the molecule is O=C(COc1cc2oc(=O)cc(-c3ccccc3)c2cc1Cl)c1ccc(-c2ccccc2)cc1. The molecule has 0 aliphatic carbocycles. The van der Waals surface area contributed by atoms with Crippen LogP contribution in [-0.4, -0.2) is 12.4 Å². The van der Waals surface area contributed by atoms with E-state index in [0.29, 0.717) is 21.6 Å². The van der Waals surface area contributed by atoms with Gasteiger partial charge in [-0.05, 0) is 28.3 Å². The third-order valence-corrected chi connectivity index (χ3v) is 5.85. The molecule has 4 aromatic carbocycles. The van der Waals surface area contributed by atoms with Crippen molar-refractivity contribution in [2.45, 2.75) is 0 Å². The lowest BCUT2D eigenvalue weighted by Gasteiger charge is -2.11. The summed E-state index contributed by atoms with van der Waals surface area (Å²) < 4.78 is 11.1. The van der Waals surface area contributed by atoms with E-state index in [0.717, 1.165) is 22.3 Å². The molecule has 1 heterocycles. The summed E-state index contributed by atoms with van der Waals surface area (Å²) in [5.74, 6) is 0.0899. The van der Waals surface area contributed by atoms with Crippen molar-refractivity contribution in [3.63, 3.8) is 0 Å². The Balaban J connectivity index is 1.37. The van der Waals surface area contributed by atoms with Crippen molar-refractivity contribution < 1.29 is 13.9 Å². The van der Waals surface area contributed by atoms with Crippen LogP contribution in [0.4, 0.5) is 0 Å². The van der Waals surface area contributed by atoms with E-state index < -0.39 is 5.63 Å². The molecule has 4 nitrogen and oxygen atoms in total. The highest BCUT2D eigenvalue weighted by Crippen LogP contribution is 2.35. The van der Waals surface area contributed by atoms with Gasteiger partial charge in [0.25, 0.3) is 0 Å². The zero-order chi connectivity index (χ0) is 23.5. The quantitative estimate of drug-likeness (QED) is 0.199. The topological polar surface area (TPSA) is 56.5 Å². The van der Waals surface area contributed by atoms with Crippen LogP contribution >= 0.6 is 11.6 Å². The summed E-state index contributed by atoms with van der Waals surface area (Å²) in [6.45, 7) is -0.196. The van der Waals surface area contributed by atoms with Crippen LogP contribution in [0.1, 0.15) is 10.4 Å². The first-order chi connectivity index (χ1) is 16.6. The first kappa shape index (κ1) is 21.7. The van der Waals surface area contributed by atoms with Gasteiger partial charge in [-0.15, -0.1) is 0 Å². The molecule has 0 aliphatic rings. The lowest BCUT2D eigenvalue weighted by Crippen LogP contribution is -2.11. The van der Waals surface area contributed by atoms with Gasteiger partial charge in [0, 0.05) is 23.1 Å². The highest BCUT2D eigenvalue weighted by molar-refractivity contribution is 6.33. The van der Waals surface area contributed by atoms with Crippen molar-refractivity contribution in [3.8, 4) is 28.0 Å². The van der Waals surface area contributed by atoms with Crippen LogP contribution in [0.3, 0.4) is 0 Å². The molecular weight excluding hydrogens is 448 g/mol. The Morgan fingerprint density at radius 2 is 1.38 bits per heavy atom. The fourth-order valence-corrected chi connectivity index (χ4v) is 4.05. The van der Waals surface area contributed by atoms with Gasteiger partial charge in [0.1, 0.15) is 11.3 Å². The number of rotatable bonds is 6. The summed E-state index contributed by atoms with van der Waals surface area (Å²) in [6.07, 6.45) is 0. The van der Waals surface area contributed by atoms with Crippen LogP contribution < -0.4 is 10.4 Å². The van der Waals surface area contributed by atoms with Gasteiger partial charge in [-0.1, -0.05) is 96.5 Å². The largest absolute Gasteiger partial charge is 0.484 e. The molecule has 0 radical (unpaired) electrons. The van der Waals surface area contributed by atoms with E-state index in [4.69, 9.17) is 20.8 Å². The van der Waals surface area contributed by atoms with Gasteiger partial charge in [-0.25, -0.2) is 4.79 Å². The fraction of sp³-hybridized carbons (Fsp3) is 0.0345. The molecule has 0 fully saturated rings. The molecule has 0 saturated heterocycles. The molecule has 5 rings (SSSR count). The second kappa shape index (κ2) is 9.38. The van der Waals surface area contributed by atoms with Crippen molar-refractivity contribution in [1.82, 2.24) is 0 Å². The van der Waals surface area contributed by atoms with Crippen LogP contribution in [0.25, 0.3) is 33.2 Å². The first-order valence-corrected chi connectivity index (χ1v) is 11.1. The molecule has 0 amide bonds. The van der Waals surface area contributed by atoms with Crippen LogP contribution in [0.15, 0.2) is 112 Å². The van der Waals surface area contributed by atoms with E-state index in [-0.39, 0.29) is 18.1 Å². The van der Waals surface area contributed by atoms with Gasteiger partial charge in [0.05, 0.1) is 5.02 Å². The number of fused-ring (bicyclic) bond motifs is 1. The van der Waals surface area contributed by atoms with Crippen LogP contribution in [0.5, 0.6) is 5.75 Å². The highest BCUT2D eigenvalue weighted by atomic mass is 35.5. The average Bonchev–Trinajstić information content (AvgIpc) is 2.88. The maximum Gasteiger partial charge on any atom is 0.336 e. The minimum Gasteiger partial charge on any atom is -0.484 e. The number of ketones is 1. The van der Waals surface area contributed by atoms with Gasteiger partial charge in [0.15, 0.2) is 12.4 Å². The van der Waals surface area contributed by atoms with Crippen molar-refractivity contribution in [2.24, 2.45) is 0 Å². The van der Waals surface area contributed by atoms with Crippen LogP contribution in [0.2, 0.25) is 5.02 Å². The average molecular weight is 467 g/mol. The Hall–Kier alpha value is -4.15. The van der Waals surface area contributed by atoms with Gasteiger partial charge in [-0.3, -0.25) is 4.79 Å². The predicted molar refractivity (Wildman–Crippen MR) is 135 cm³/mol. The molecule has 5 aromatic rings. The molecule has 0 N–H and O–H groups in total. The van der Waals surface area contributed by atoms with Crippen molar-refractivity contribution in [3.05, 3.63) is 124 Å². The van der Waals surface area contributed by atoms with E-state index in [9.17, 15) is 9.59 Å². The minimum absolute atomic E-state index is 0.185. The lowest BCUT2D eigenvalue weighted by atomic mass is 10.0. The molecule has 34 heavy (non-hydrogen) atoms. The number of Topliss-reactive ketones (excluding diaryl/α,β-unsaturated/α-hetero) is 1. The Morgan fingerprint density at radius 3 is 2.06 bits per heavy atom. The van der Waals surface area contributed by atoms with E-state index in [2.05, 4.69) is 0 Å². The van der Waals surface area contributed by atoms with Gasteiger partial charge >= 0.3 is 5.63 Å². The molecule has 0 spiro atoms. The molecule has 0 saturated carbocycles. The summed E-state index contributed by atoms with van der Waals surface area (Å²) in [6, 6.07) is 31.5. The van der Waals surface area contributed by atoms with Crippen molar-refractivity contribution in [2.75, 3.05) is 6.61 Å². The number of hydrogen-bond acceptors (Lipinski definition) is 4. The number of halogens is 1. The van der Waals surface area contributed by atoms with Crippen molar-refractivity contribution in [1.29, 1.82) is 0 Å².